The number of ether oxygens (including phenoxy) is 1. The molecule has 2 saturated heterocycles. The number of nitrogens with zero attached hydrogens (tertiary/aromatic N) is 5. The number of carbonyl (C=O) groups excluding carboxylic acids is 2. The van der Waals surface area contributed by atoms with Crippen LogP contribution in [0.3, 0.4) is 0 Å². The van der Waals surface area contributed by atoms with Crippen molar-refractivity contribution >= 4 is 29.2 Å². The number of hydrogen-bond acceptors (Lipinski definition) is 8. The average molecular weight is 546 g/mol. The van der Waals surface area contributed by atoms with Gasteiger partial charge in [-0.2, -0.15) is 19.6 Å². The fourth-order valence-electron chi connectivity index (χ4n) is 5.40. The molecule has 3 aromatic rings. The van der Waals surface area contributed by atoms with Crippen LogP contribution in [0.15, 0.2) is 37.1 Å². The van der Waals surface area contributed by atoms with Crippen LogP contribution < -0.4 is 10.6 Å². The average Bonchev–Trinajstić information content (AvgIpc) is 3.62. The van der Waals surface area contributed by atoms with E-state index in [2.05, 4.69) is 54.4 Å². The van der Waals surface area contributed by atoms with E-state index in [1.807, 2.05) is 13.1 Å². The first-order chi connectivity index (χ1) is 19.3. The summed E-state index contributed by atoms with van der Waals surface area (Å²) in [6.07, 6.45) is 6.07. The van der Waals surface area contributed by atoms with Crippen molar-refractivity contribution in [1.82, 2.24) is 24.5 Å². The van der Waals surface area contributed by atoms with E-state index in [1.54, 1.807) is 9.42 Å². The van der Waals surface area contributed by atoms with Crippen molar-refractivity contribution in [3.8, 4) is 0 Å². The van der Waals surface area contributed by atoms with Gasteiger partial charge in [0.25, 0.3) is 0 Å². The molecular formula is C30H39N7O3. The summed E-state index contributed by atoms with van der Waals surface area (Å²) < 4.78 is 7.26. The maximum Gasteiger partial charge on any atom is 0.245 e. The molecule has 0 spiro atoms. The Labute approximate surface area is 235 Å². The molecule has 1 aromatic carbocycles. The Morgan fingerprint density at radius 2 is 2.00 bits per heavy atom. The first kappa shape index (κ1) is 27.8. The lowest BCUT2D eigenvalue weighted by molar-refractivity contribution is -0.125. The van der Waals surface area contributed by atoms with Crippen LogP contribution in [0, 0.1) is 12.8 Å². The van der Waals surface area contributed by atoms with E-state index in [-0.39, 0.29) is 29.6 Å². The van der Waals surface area contributed by atoms with Gasteiger partial charge in [-0.1, -0.05) is 38.6 Å². The Morgan fingerprint density at radius 1 is 1.20 bits per heavy atom. The van der Waals surface area contributed by atoms with E-state index in [9.17, 15) is 9.59 Å². The lowest BCUT2D eigenvalue weighted by Gasteiger charge is -2.23. The molecular weight excluding hydrogens is 506 g/mol. The van der Waals surface area contributed by atoms with Gasteiger partial charge in [0.05, 0.1) is 6.20 Å². The molecule has 0 aliphatic carbocycles. The van der Waals surface area contributed by atoms with Gasteiger partial charge in [-0.25, -0.2) is 0 Å². The van der Waals surface area contributed by atoms with E-state index in [0.717, 1.165) is 54.0 Å². The standard InChI is InChI=1S/C30H39N7O3/c1-5-27(39)36-11-8-22(18-36)26(38)15-23-14-21(7-6-20(23)4)16-31-30-35-29(33-24-9-12-40-13-10-24)34-28-25(19(2)3)17-32-37(28)30/h5-7,14,17,19,22,24H,1,8-13,15-16,18H2,2-4H3,(H2,31,33,34,35). The molecule has 2 aliphatic rings. The number of likely N-dealkylation sites (tertiary alicyclic amines) is 1. The third kappa shape index (κ3) is 6.17. The highest BCUT2D eigenvalue weighted by atomic mass is 16.5. The Balaban J connectivity index is 1.31. The van der Waals surface area contributed by atoms with Crippen LogP contribution in [0.4, 0.5) is 11.9 Å². The second-order valence-corrected chi connectivity index (χ2v) is 11.1. The van der Waals surface area contributed by atoms with Crippen molar-refractivity contribution in [1.29, 1.82) is 0 Å². The van der Waals surface area contributed by atoms with Gasteiger partial charge in [0.2, 0.25) is 17.8 Å². The van der Waals surface area contributed by atoms with Gasteiger partial charge >= 0.3 is 0 Å². The monoisotopic (exact) mass is 545 g/mol. The number of Topliss-reactive ketones (excluding diaryl/α,β-unsaturated/α-hetero) is 1. The first-order valence-electron chi connectivity index (χ1n) is 14.2. The molecule has 10 heteroatoms. The molecule has 2 aromatic heterocycles. The molecule has 2 aliphatic heterocycles. The molecule has 10 nitrogen and oxygen atoms in total. The zero-order valence-corrected chi connectivity index (χ0v) is 23.7. The lowest BCUT2D eigenvalue weighted by Crippen LogP contribution is -2.29. The van der Waals surface area contributed by atoms with Crippen molar-refractivity contribution in [3.63, 3.8) is 0 Å². The van der Waals surface area contributed by atoms with Gasteiger partial charge in [-0.05, 0) is 54.9 Å². The minimum absolute atomic E-state index is 0.109. The van der Waals surface area contributed by atoms with Crippen LogP contribution in [0.25, 0.3) is 5.65 Å². The van der Waals surface area contributed by atoms with E-state index in [1.165, 1.54) is 6.08 Å². The molecule has 1 amide bonds. The molecule has 1 atom stereocenters. The summed E-state index contributed by atoms with van der Waals surface area (Å²) in [5.41, 5.74) is 4.99. The normalized spacial score (nSPS) is 17.9. The summed E-state index contributed by atoms with van der Waals surface area (Å²) >= 11 is 0. The second kappa shape index (κ2) is 12.2. The summed E-state index contributed by atoms with van der Waals surface area (Å²) in [6.45, 7) is 12.9. The first-order valence-corrected chi connectivity index (χ1v) is 14.2. The zero-order chi connectivity index (χ0) is 28.2. The molecule has 0 radical (unpaired) electrons. The number of aromatic nitrogens is 4. The predicted octanol–water partition coefficient (Wildman–Crippen LogP) is 3.91. The van der Waals surface area contributed by atoms with Gasteiger partial charge in [0.1, 0.15) is 5.78 Å². The fraction of sp³-hybridized carbons (Fsp3) is 0.500. The summed E-state index contributed by atoms with van der Waals surface area (Å²) in [7, 11) is 0. The number of nitrogens with one attached hydrogen (secondary N) is 2. The van der Waals surface area contributed by atoms with E-state index < -0.39 is 0 Å². The summed E-state index contributed by atoms with van der Waals surface area (Å²) in [6, 6.07) is 6.48. The molecule has 2 fully saturated rings. The van der Waals surface area contributed by atoms with Gasteiger partial charge in [0, 0.05) is 56.8 Å². The SMILES string of the molecule is C=CC(=O)N1CCC(C(=O)Cc2cc(CNc3nc(NC4CCOCC4)nc4c(C(C)C)cnn34)ccc2C)C1. The van der Waals surface area contributed by atoms with Crippen molar-refractivity contribution < 1.29 is 14.3 Å². The number of benzene rings is 1. The second-order valence-electron chi connectivity index (χ2n) is 11.1. The van der Waals surface area contributed by atoms with Gasteiger partial charge in [0.15, 0.2) is 5.65 Å². The van der Waals surface area contributed by atoms with Gasteiger partial charge in [-0.15, -0.1) is 0 Å². The molecule has 212 valence electrons. The zero-order valence-electron chi connectivity index (χ0n) is 23.7. The maximum absolute atomic E-state index is 13.1. The summed E-state index contributed by atoms with van der Waals surface area (Å²) in [5.74, 6) is 1.41. The highest BCUT2D eigenvalue weighted by molar-refractivity contribution is 5.89. The smallest absolute Gasteiger partial charge is 0.245 e. The number of aryl methyl sites for hydroxylation is 1. The Bertz CT molecular complexity index is 1390. The Morgan fingerprint density at radius 3 is 2.75 bits per heavy atom. The van der Waals surface area contributed by atoms with E-state index >= 15 is 0 Å². The molecule has 0 saturated carbocycles. The van der Waals surface area contributed by atoms with E-state index in [4.69, 9.17) is 14.7 Å². The van der Waals surface area contributed by atoms with Crippen molar-refractivity contribution in [3.05, 3.63) is 59.3 Å². The summed E-state index contributed by atoms with van der Waals surface area (Å²) in [5, 5.41) is 11.5. The number of carbonyl (C=O) groups is 2. The number of amides is 1. The van der Waals surface area contributed by atoms with Crippen molar-refractivity contribution in [2.45, 2.75) is 65.0 Å². The number of ketones is 1. The molecule has 2 N–H and O–H groups in total. The summed E-state index contributed by atoms with van der Waals surface area (Å²) in [4.78, 5) is 36.3. The van der Waals surface area contributed by atoms with E-state index in [0.29, 0.717) is 44.4 Å². The number of rotatable bonds is 10. The topological polar surface area (TPSA) is 114 Å². The molecule has 1 unspecified atom stereocenters. The quantitative estimate of drug-likeness (QED) is 0.369. The largest absolute Gasteiger partial charge is 0.381 e. The van der Waals surface area contributed by atoms with Crippen LogP contribution >= 0.6 is 0 Å². The molecule has 40 heavy (non-hydrogen) atoms. The van der Waals surface area contributed by atoms with Gasteiger partial charge in [-0.3, -0.25) is 9.59 Å². The molecule has 4 heterocycles. The fourth-order valence-corrected chi connectivity index (χ4v) is 5.40. The van der Waals surface area contributed by atoms with Crippen LogP contribution in [-0.4, -0.2) is 68.5 Å². The lowest BCUT2D eigenvalue weighted by atomic mass is 9.94. The third-order valence-corrected chi connectivity index (χ3v) is 7.93. The van der Waals surface area contributed by atoms with Crippen molar-refractivity contribution in [2.24, 2.45) is 5.92 Å². The van der Waals surface area contributed by atoms with Crippen molar-refractivity contribution in [2.75, 3.05) is 36.9 Å². The Kier molecular flexibility index (Phi) is 8.44. The van der Waals surface area contributed by atoms with Crippen LogP contribution in [-0.2, 0) is 27.3 Å². The minimum atomic E-state index is -0.129. The van der Waals surface area contributed by atoms with Crippen LogP contribution in [0.1, 0.15) is 61.3 Å². The Hall–Kier alpha value is -3.79. The number of hydrogen-bond donors (Lipinski definition) is 2. The molecule has 5 rings (SSSR count). The minimum Gasteiger partial charge on any atom is -0.381 e. The van der Waals surface area contributed by atoms with Crippen LogP contribution in [0.5, 0.6) is 0 Å². The highest BCUT2D eigenvalue weighted by Gasteiger charge is 2.30. The highest BCUT2D eigenvalue weighted by Crippen LogP contribution is 2.24. The number of fused-ring (bicyclic) bond motifs is 1. The predicted molar refractivity (Wildman–Crippen MR) is 154 cm³/mol. The third-order valence-electron chi connectivity index (χ3n) is 7.93. The number of anilines is 2. The van der Waals surface area contributed by atoms with Crippen LogP contribution in [0.2, 0.25) is 0 Å². The maximum atomic E-state index is 13.1. The molecule has 0 bridgehead atoms. The van der Waals surface area contributed by atoms with Gasteiger partial charge < -0.3 is 20.3 Å².